The standard InChI is InChI=1S/Mo.2H2O2.2H2O/c;2*1-2;;/h;2*1-2H;2*1H2. The van der Waals surface area contributed by atoms with Crippen molar-refractivity contribution in [3.63, 3.8) is 0 Å². The summed E-state index contributed by atoms with van der Waals surface area (Å²) in [5.74, 6) is 0. The maximum absolute atomic E-state index is 6.00. The van der Waals surface area contributed by atoms with Gasteiger partial charge in [0.1, 0.15) is 0 Å². The zero-order valence-corrected chi connectivity index (χ0v) is 5.20. The van der Waals surface area contributed by atoms with Crippen molar-refractivity contribution < 1.29 is 53.0 Å². The molecule has 0 spiro atoms. The SMILES string of the molecule is O.O.OO.OO.[Mo]. The zero-order chi connectivity index (χ0) is 4.00. The molecule has 50 valence electrons. The second kappa shape index (κ2) is 952. The van der Waals surface area contributed by atoms with E-state index >= 15 is 0 Å². The molecule has 6 nitrogen and oxygen atoms in total. The van der Waals surface area contributed by atoms with Gasteiger partial charge in [0.15, 0.2) is 0 Å². The molecule has 0 aromatic rings. The van der Waals surface area contributed by atoms with E-state index in [4.69, 9.17) is 21.0 Å². The Balaban J connectivity index is -0.00000000267. The van der Waals surface area contributed by atoms with Crippen LogP contribution in [0.4, 0.5) is 0 Å². The van der Waals surface area contributed by atoms with E-state index in [1.54, 1.807) is 0 Å². The van der Waals surface area contributed by atoms with Crippen molar-refractivity contribution in [2.75, 3.05) is 0 Å². The number of rotatable bonds is 0. The molecular weight excluding hydrogens is 192 g/mol. The first-order valence-corrected chi connectivity index (χ1v) is 0.400. The molecule has 0 aliphatic heterocycles. The van der Waals surface area contributed by atoms with Crippen molar-refractivity contribution in [3.05, 3.63) is 0 Å². The minimum absolute atomic E-state index is 0. The Hall–Kier alpha value is 0.448. The summed E-state index contributed by atoms with van der Waals surface area (Å²) in [6.07, 6.45) is 0. The van der Waals surface area contributed by atoms with Crippen LogP contribution in [0.2, 0.25) is 0 Å². The molecule has 0 saturated carbocycles. The van der Waals surface area contributed by atoms with Gasteiger partial charge in [-0.25, -0.2) is 0 Å². The van der Waals surface area contributed by atoms with Gasteiger partial charge in [-0.2, -0.15) is 0 Å². The van der Waals surface area contributed by atoms with Gasteiger partial charge in [0, 0.05) is 21.1 Å². The Morgan fingerprint density at radius 1 is 0.571 bits per heavy atom. The Morgan fingerprint density at radius 3 is 0.571 bits per heavy atom. The molecule has 0 rings (SSSR count). The van der Waals surface area contributed by atoms with Gasteiger partial charge in [0.05, 0.1) is 0 Å². The first-order valence-electron chi connectivity index (χ1n) is 0.400. The van der Waals surface area contributed by atoms with Crippen LogP contribution in [-0.2, 0) is 21.1 Å². The summed E-state index contributed by atoms with van der Waals surface area (Å²) < 4.78 is 0. The third-order valence-corrected chi connectivity index (χ3v) is 0. The van der Waals surface area contributed by atoms with E-state index in [2.05, 4.69) is 0 Å². The average molecular weight is 200 g/mol. The molecular formula is H8MoO6. The molecule has 0 aromatic heterocycles. The van der Waals surface area contributed by atoms with Crippen LogP contribution in [0.5, 0.6) is 0 Å². The van der Waals surface area contributed by atoms with E-state index in [0.717, 1.165) is 0 Å². The van der Waals surface area contributed by atoms with Crippen molar-refractivity contribution in [3.8, 4) is 0 Å². The monoisotopic (exact) mass is 202 g/mol. The van der Waals surface area contributed by atoms with Crippen molar-refractivity contribution in [1.82, 2.24) is 0 Å². The minimum atomic E-state index is 0. The van der Waals surface area contributed by atoms with Crippen LogP contribution in [0.1, 0.15) is 0 Å². The third-order valence-electron chi connectivity index (χ3n) is 0. The van der Waals surface area contributed by atoms with Crippen molar-refractivity contribution in [1.29, 1.82) is 0 Å². The molecule has 0 aromatic carbocycles. The van der Waals surface area contributed by atoms with Crippen LogP contribution in [0, 0.1) is 0 Å². The smallest absolute Gasteiger partial charge is 0 e. The summed E-state index contributed by atoms with van der Waals surface area (Å²) in [6.45, 7) is 0. The van der Waals surface area contributed by atoms with E-state index in [0.29, 0.717) is 0 Å². The molecule has 8 N–H and O–H groups in total. The van der Waals surface area contributed by atoms with Gasteiger partial charge in [0.2, 0.25) is 0 Å². The van der Waals surface area contributed by atoms with E-state index in [1.807, 2.05) is 0 Å². The summed E-state index contributed by atoms with van der Waals surface area (Å²) in [6, 6.07) is 0. The largest absolute Gasteiger partial charge is 0.412 e. The van der Waals surface area contributed by atoms with E-state index in [-0.39, 0.29) is 32.0 Å². The van der Waals surface area contributed by atoms with Crippen molar-refractivity contribution >= 4 is 0 Å². The zero-order valence-electron chi connectivity index (χ0n) is 3.20. The van der Waals surface area contributed by atoms with E-state index in [1.165, 1.54) is 0 Å². The quantitative estimate of drug-likeness (QED) is 0.211. The molecule has 0 unspecified atom stereocenters. The Morgan fingerprint density at radius 2 is 0.571 bits per heavy atom. The van der Waals surface area contributed by atoms with Gasteiger partial charge < -0.3 is 11.0 Å². The first kappa shape index (κ1) is 51.7. The molecule has 0 aliphatic rings. The fourth-order valence-electron chi connectivity index (χ4n) is 0. The summed E-state index contributed by atoms with van der Waals surface area (Å²) in [4.78, 5) is 0. The Labute approximate surface area is 53.8 Å². The maximum Gasteiger partial charge on any atom is 0 e. The van der Waals surface area contributed by atoms with Crippen LogP contribution < -0.4 is 0 Å². The molecule has 0 amide bonds. The average Bonchev–Trinajstić information content (AvgIpc) is 1.50. The fraction of sp³-hybridized carbons (Fsp3) is 0. The molecule has 0 fully saturated rings. The van der Waals surface area contributed by atoms with Crippen molar-refractivity contribution in [2.24, 2.45) is 0 Å². The van der Waals surface area contributed by atoms with E-state index < -0.39 is 0 Å². The molecule has 0 radical (unpaired) electrons. The maximum atomic E-state index is 6.00. The predicted octanol–water partition coefficient (Wildman–Crippen LogP) is -1.62. The van der Waals surface area contributed by atoms with Crippen LogP contribution in [-0.4, -0.2) is 32.0 Å². The van der Waals surface area contributed by atoms with Crippen LogP contribution >= 0.6 is 0 Å². The van der Waals surface area contributed by atoms with Gasteiger partial charge in [0.25, 0.3) is 0 Å². The summed E-state index contributed by atoms with van der Waals surface area (Å²) >= 11 is 0. The van der Waals surface area contributed by atoms with Gasteiger partial charge >= 0.3 is 0 Å². The number of hydrogen-bond donors (Lipinski definition) is 4. The molecule has 0 atom stereocenters. The van der Waals surface area contributed by atoms with Gasteiger partial charge in [-0.3, -0.25) is 21.0 Å². The summed E-state index contributed by atoms with van der Waals surface area (Å²) in [7, 11) is 0. The third kappa shape index (κ3) is 635. The van der Waals surface area contributed by atoms with Crippen LogP contribution in [0.25, 0.3) is 0 Å². The predicted molar refractivity (Wildman–Crippen MR) is 17.7 cm³/mol. The fourth-order valence-corrected chi connectivity index (χ4v) is 0. The molecule has 7 heteroatoms. The molecule has 7 heavy (non-hydrogen) atoms. The topological polar surface area (TPSA) is 144 Å². The van der Waals surface area contributed by atoms with Gasteiger partial charge in [-0.1, -0.05) is 0 Å². The first-order chi connectivity index (χ1) is 2.00. The summed E-state index contributed by atoms with van der Waals surface area (Å²) in [5.41, 5.74) is 0. The normalized spacial score (nSPS) is 1.71. The molecule has 0 bridgehead atoms. The van der Waals surface area contributed by atoms with Crippen LogP contribution in [0.3, 0.4) is 0 Å². The second-order valence-electron chi connectivity index (χ2n) is 0. The van der Waals surface area contributed by atoms with Gasteiger partial charge in [-0.05, 0) is 0 Å². The minimum Gasteiger partial charge on any atom is -0.412 e. The van der Waals surface area contributed by atoms with Gasteiger partial charge in [-0.15, -0.1) is 0 Å². The van der Waals surface area contributed by atoms with Crippen molar-refractivity contribution in [2.45, 2.75) is 0 Å². The second-order valence-corrected chi connectivity index (χ2v) is 0. The molecule has 0 heterocycles. The summed E-state index contributed by atoms with van der Waals surface area (Å²) in [5, 5.41) is 24.0. The number of hydrogen-bond acceptors (Lipinski definition) is 4. The Kier molecular flexibility index (Phi) is 7030. The van der Waals surface area contributed by atoms with E-state index in [9.17, 15) is 0 Å². The molecule has 0 saturated heterocycles. The molecule has 0 aliphatic carbocycles. The van der Waals surface area contributed by atoms with Crippen LogP contribution in [0.15, 0.2) is 0 Å². The Bertz CT molecular complexity index is 4.14.